The van der Waals surface area contributed by atoms with Gasteiger partial charge >= 0.3 is 0 Å². The first-order valence-electron chi connectivity index (χ1n) is 4.93. The Balaban J connectivity index is 2.11. The first-order valence-corrected chi connectivity index (χ1v) is 4.93. The van der Waals surface area contributed by atoms with E-state index in [4.69, 9.17) is 9.84 Å². The Kier molecular flexibility index (Phi) is 3.53. The van der Waals surface area contributed by atoms with Crippen LogP contribution in [0, 0.1) is 0 Å². The third-order valence-corrected chi connectivity index (χ3v) is 2.49. The molecule has 72 valence electrons. The lowest BCUT2D eigenvalue weighted by molar-refractivity contribution is -0.0193. The van der Waals surface area contributed by atoms with Crippen LogP contribution in [-0.2, 0) is 4.74 Å². The second kappa shape index (κ2) is 4.24. The third-order valence-electron chi connectivity index (χ3n) is 2.49. The molecule has 1 unspecified atom stereocenters. The van der Waals surface area contributed by atoms with Crippen molar-refractivity contribution in [3.63, 3.8) is 0 Å². The van der Waals surface area contributed by atoms with Crippen molar-refractivity contribution in [1.82, 2.24) is 0 Å². The lowest BCUT2D eigenvalue weighted by Gasteiger charge is -2.18. The molecule has 0 aliphatic carbocycles. The minimum absolute atomic E-state index is 0.101. The van der Waals surface area contributed by atoms with Crippen molar-refractivity contribution in [1.29, 1.82) is 0 Å². The maximum atomic E-state index is 8.60. The van der Waals surface area contributed by atoms with Crippen molar-refractivity contribution in [2.75, 3.05) is 6.61 Å². The van der Waals surface area contributed by atoms with E-state index in [-0.39, 0.29) is 5.60 Å². The van der Waals surface area contributed by atoms with Gasteiger partial charge in [-0.3, -0.25) is 0 Å². The van der Waals surface area contributed by atoms with Gasteiger partial charge in [0.25, 0.3) is 0 Å². The molecule has 1 atom stereocenters. The van der Waals surface area contributed by atoms with E-state index < -0.39 is 0 Å². The number of ether oxygens (including phenoxy) is 1. The molecule has 2 heteroatoms. The van der Waals surface area contributed by atoms with Crippen LogP contribution in [0.1, 0.15) is 46.0 Å². The molecule has 1 aliphatic rings. The van der Waals surface area contributed by atoms with Crippen LogP contribution in [-0.4, -0.2) is 23.4 Å². The van der Waals surface area contributed by atoms with Gasteiger partial charge in [0.2, 0.25) is 0 Å². The molecule has 2 nitrogen and oxygen atoms in total. The highest BCUT2D eigenvalue weighted by Gasteiger charge is 2.30. The number of rotatable bonds is 4. The number of unbranched alkanes of at least 4 members (excludes halogenated alkanes) is 1. The molecule has 1 aliphatic heterocycles. The van der Waals surface area contributed by atoms with Gasteiger partial charge in [-0.05, 0) is 46.0 Å². The zero-order valence-electron chi connectivity index (χ0n) is 8.18. The van der Waals surface area contributed by atoms with Gasteiger partial charge < -0.3 is 9.84 Å². The zero-order chi connectivity index (χ0) is 9.03. The Morgan fingerprint density at radius 3 is 2.67 bits per heavy atom. The van der Waals surface area contributed by atoms with Gasteiger partial charge in [0, 0.05) is 6.61 Å². The maximum Gasteiger partial charge on any atom is 0.0631 e. The van der Waals surface area contributed by atoms with E-state index in [2.05, 4.69) is 13.8 Å². The van der Waals surface area contributed by atoms with Gasteiger partial charge in [0.1, 0.15) is 0 Å². The highest BCUT2D eigenvalue weighted by atomic mass is 16.5. The van der Waals surface area contributed by atoms with Crippen LogP contribution in [0.2, 0.25) is 0 Å². The largest absolute Gasteiger partial charge is 0.396 e. The van der Waals surface area contributed by atoms with Crippen LogP contribution in [0.15, 0.2) is 0 Å². The topological polar surface area (TPSA) is 29.5 Å². The number of hydrogen-bond acceptors (Lipinski definition) is 2. The van der Waals surface area contributed by atoms with Crippen molar-refractivity contribution >= 4 is 0 Å². The summed E-state index contributed by atoms with van der Waals surface area (Å²) in [6, 6.07) is 0. The van der Waals surface area contributed by atoms with Crippen LogP contribution in [0.4, 0.5) is 0 Å². The van der Waals surface area contributed by atoms with E-state index in [1.54, 1.807) is 0 Å². The number of aliphatic hydroxyl groups is 1. The fraction of sp³-hybridized carbons (Fsp3) is 1.00. The summed E-state index contributed by atoms with van der Waals surface area (Å²) in [6.45, 7) is 4.62. The van der Waals surface area contributed by atoms with E-state index in [9.17, 15) is 0 Å². The maximum absolute atomic E-state index is 8.60. The quantitative estimate of drug-likeness (QED) is 0.658. The number of aliphatic hydroxyl groups excluding tert-OH is 1. The average Bonchev–Trinajstić information content (AvgIpc) is 2.31. The Bertz CT molecular complexity index is 132. The molecule has 0 aromatic rings. The van der Waals surface area contributed by atoms with Gasteiger partial charge in [-0.25, -0.2) is 0 Å². The Morgan fingerprint density at radius 1 is 1.42 bits per heavy atom. The first kappa shape index (κ1) is 10.0. The van der Waals surface area contributed by atoms with E-state index in [0.29, 0.717) is 12.7 Å². The van der Waals surface area contributed by atoms with E-state index in [1.165, 1.54) is 12.8 Å². The van der Waals surface area contributed by atoms with Crippen LogP contribution >= 0.6 is 0 Å². The highest BCUT2D eigenvalue weighted by Crippen LogP contribution is 2.31. The molecule has 0 spiro atoms. The standard InChI is InChI=1S/C10H20O2/c1-10(2)7-6-9(12-10)5-3-4-8-11/h9,11H,3-8H2,1-2H3. The molecular formula is C10H20O2. The molecule has 0 saturated carbocycles. The molecule has 12 heavy (non-hydrogen) atoms. The second-order valence-electron chi connectivity index (χ2n) is 4.26. The summed E-state index contributed by atoms with van der Waals surface area (Å²) in [7, 11) is 0. The summed E-state index contributed by atoms with van der Waals surface area (Å²) in [5.74, 6) is 0. The SMILES string of the molecule is CC1(C)CCC(CCCCO)O1. The zero-order valence-corrected chi connectivity index (χ0v) is 8.18. The molecule has 1 saturated heterocycles. The smallest absolute Gasteiger partial charge is 0.0631 e. The summed E-state index contributed by atoms with van der Waals surface area (Å²) < 4.78 is 5.81. The molecule has 0 aromatic heterocycles. The minimum Gasteiger partial charge on any atom is -0.396 e. The first-order chi connectivity index (χ1) is 5.64. The van der Waals surface area contributed by atoms with Crippen LogP contribution in [0.25, 0.3) is 0 Å². The van der Waals surface area contributed by atoms with E-state index >= 15 is 0 Å². The van der Waals surface area contributed by atoms with Crippen LogP contribution in [0.3, 0.4) is 0 Å². The number of hydrogen-bond donors (Lipinski definition) is 1. The Hall–Kier alpha value is -0.0800. The lowest BCUT2D eigenvalue weighted by Crippen LogP contribution is -2.19. The normalized spacial score (nSPS) is 27.8. The van der Waals surface area contributed by atoms with Crippen LogP contribution < -0.4 is 0 Å². The molecule has 0 bridgehead atoms. The molecule has 0 radical (unpaired) electrons. The predicted molar refractivity (Wildman–Crippen MR) is 49.1 cm³/mol. The summed E-state index contributed by atoms with van der Waals surface area (Å²) in [4.78, 5) is 0. The lowest BCUT2D eigenvalue weighted by atomic mass is 10.0. The summed E-state index contributed by atoms with van der Waals surface area (Å²) >= 11 is 0. The third kappa shape index (κ3) is 3.11. The summed E-state index contributed by atoms with van der Waals surface area (Å²) in [6.07, 6.45) is 5.95. The fourth-order valence-electron chi connectivity index (χ4n) is 1.76. The van der Waals surface area contributed by atoms with Gasteiger partial charge in [-0.1, -0.05) is 0 Å². The molecule has 1 heterocycles. The van der Waals surface area contributed by atoms with Gasteiger partial charge in [0.15, 0.2) is 0 Å². The van der Waals surface area contributed by atoms with Crippen LogP contribution in [0.5, 0.6) is 0 Å². The van der Waals surface area contributed by atoms with Crippen molar-refractivity contribution in [3.8, 4) is 0 Å². The average molecular weight is 172 g/mol. The van der Waals surface area contributed by atoms with Gasteiger partial charge in [0.05, 0.1) is 11.7 Å². The Morgan fingerprint density at radius 2 is 2.17 bits per heavy atom. The van der Waals surface area contributed by atoms with Gasteiger partial charge in [-0.15, -0.1) is 0 Å². The summed E-state index contributed by atoms with van der Waals surface area (Å²) in [5, 5.41) is 8.60. The molecule has 1 fully saturated rings. The van der Waals surface area contributed by atoms with Crippen molar-refractivity contribution in [2.45, 2.75) is 57.7 Å². The molecule has 0 aromatic carbocycles. The molecule has 0 amide bonds. The van der Waals surface area contributed by atoms with Gasteiger partial charge in [-0.2, -0.15) is 0 Å². The van der Waals surface area contributed by atoms with Crippen molar-refractivity contribution < 1.29 is 9.84 Å². The predicted octanol–water partition coefficient (Wildman–Crippen LogP) is 2.11. The Labute approximate surface area is 74.9 Å². The second-order valence-corrected chi connectivity index (χ2v) is 4.26. The molecule has 1 N–H and O–H groups in total. The molecular weight excluding hydrogens is 152 g/mol. The molecule has 1 rings (SSSR count). The van der Waals surface area contributed by atoms with Crippen molar-refractivity contribution in [3.05, 3.63) is 0 Å². The van der Waals surface area contributed by atoms with E-state index in [0.717, 1.165) is 19.3 Å². The monoisotopic (exact) mass is 172 g/mol. The minimum atomic E-state index is 0.101. The van der Waals surface area contributed by atoms with E-state index in [1.807, 2.05) is 0 Å². The fourth-order valence-corrected chi connectivity index (χ4v) is 1.76. The van der Waals surface area contributed by atoms with Crippen molar-refractivity contribution in [2.24, 2.45) is 0 Å². The summed E-state index contributed by atoms with van der Waals surface area (Å²) in [5.41, 5.74) is 0.101. The highest BCUT2D eigenvalue weighted by molar-refractivity contribution is 4.80.